The highest BCUT2D eigenvalue weighted by molar-refractivity contribution is 7.16. The van der Waals surface area contributed by atoms with Gasteiger partial charge in [-0.3, -0.25) is 10.1 Å². The van der Waals surface area contributed by atoms with E-state index in [4.69, 9.17) is 4.98 Å². The highest BCUT2D eigenvalue weighted by atomic mass is 32.1. The van der Waals surface area contributed by atoms with Gasteiger partial charge in [0.15, 0.2) is 0 Å². The molecular formula is C28H25N7S. The molecule has 0 spiro atoms. The summed E-state index contributed by atoms with van der Waals surface area (Å²) in [6, 6.07) is 14.6. The molecule has 2 N–H and O–H groups in total. The molecule has 0 fully saturated rings. The van der Waals surface area contributed by atoms with Gasteiger partial charge in [-0.2, -0.15) is 5.10 Å². The predicted octanol–water partition coefficient (Wildman–Crippen LogP) is 6.39. The summed E-state index contributed by atoms with van der Waals surface area (Å²) < 4.78 is 0. The molecule has 0 atom stereocenters. The van der Waals surface area contributed by atoms with Crippen molar-refractivity contribution >= 4 is 39.0 Å². The first-order valence-corrected chi connectivity index (χ1v) is 12.5. The van der Waals surface area contributed by atoms with E-state index in [0.29, 0.717) is 0 Å². The topological polar surface area (TPSA) is 86.4 Å². The first-order chi connectivity index (χ1) is 17.5. The second-order valence-electron chi connectivity index (χ2n) is 9.23. The average molecular weight is 492 g/mol. The lowest BCUT2D eigenvalue weighted by Gasteiger charge is -2.10. The number of aromatic amines is 2. The third-order valence-corrected chi connectivity index (χ3v) is 7.36. The van der Waals surface area contributed by atoms with E-state index in [0.717, 1.165) is 68.0 Å². The molecule has 36 heavy (non-hydrogen) atoms. The second-order valence-corrected chi connectivity index (χ2v) is 10.3. The maximum atomic E-state index is 4.98. The number of nitrogens with zero attached hydrogens (tertiary/aromatic N) is 5. The van der Waals surface area contributed by atoms with Crippen LogP contribution in [0, 0.1) is 0 Å². The van der Waals surface area contributed by atoms with Crippen LogP contribution in [0.5, 0.6) is 0 Å². The number of aromatic nitrogens is 6. The zero-order valence-corrected chi connectivity index (χ0v) is 21.1. The summed E-state index contributed by atoms with van der Waals surface area (Å²) in [4.78, 5) is 21.9. The molecule has 0 unspecified atom stereocenters. The van der Waals surface area contributed by atoms with Gasteiger partial charge in [-0.05, 0) is 74.6 Å². The number of hydrogen-bond donors (Lipinski definition) is 2. The lowest BCUT2D eigenvalue weighted by atomic mass is 10.1. The number of pyridine rings is 3. The zero-order valence-electron chi connectivity index (χ0n) is 20.3. The second kappa shape index (κ2) is 8.82. The molecule has 0 bridgehead atoms. The van der Waals surface area contributed by atoms with Gasteiger partial charge in [0.05, 0.1) is 16.9 Å². The van der Waals surface area contributed by atoms with Crippen LogP contribution in [0.3, 0.4) is 0 Å². The molecule has 0 aromatic carbocycles. The van der Waals surface area contributed by atoms with Crippen molar-refractivity contribution in [2.75, 3.05) is 14.1 Å². The van der Waals surface area contributed by atoms with Gasteiger partial charge in [0.1, 0.15) is 16.9 Å². The Morgan fingerprint density at radius 2 is 1.97 bits per heavy atom. The molecule has 0 saturated carbocycles. The van der Waals surface area contributed by atoms with Crippen LogP contribution in [0.15, 0.2) is 67.6 Å². The highest BCUT2D eigenvalue weighted by Gasteiger charge is 2.17. The molecule has 0 aliphatic carbocycles. The fourth-order valence-electron chi connectivity index (χ4n) is 4.41. The van der Waals surface area contributed by atoms with Crippen LogP contribution < -0.4 is 0 Å². The van der Waals surface area contributed by atoms with Crippen molar-refractivity contribution in [3.8, 4) is 33.1 Å². The molecule has 0 saturated heterocycles. The van der Waals surface area contributed by atoms with Crippen LogP contribution >= 0.6 is 11.3 Å². The molecular weight excluding hydrogens is 466 g/mol. The summed E-state index contributed by atoms with van der Waals surface area (Å²) in [7, 11) is 4.10. The monoisotopic (exact) mass is 491 g/mol. The molecule has 0 amide bonds. The van der Waals surface area contributed by atoms with Crippen molar-refractivity contribution in [1.29, 1.82) is 0 Å². The van der Waals surface area contributed by atoms with Gasteiger partial charge in [0, 0.05) is 51.4 Å². The van der Waals surface area contributed by atoms with Crippen molar-refractivity contribution in [3.63, 3.8) is 0 Å². The number of nitrogens with one attached hydrogen (secondary N) is 2. The molecule has 6 rings (SSSR count). The van der Waals surface area contributed by atoms with Crippen molar-refractivity contribution in [2.45, 2.75) is 13.5 Å². The Bertz CT molecular complexity index is 1740. The van der Waals surface area contributed by atoms with E-state index >= 15 is 0 Å². The van der Waals surface area contributed by atoms with E-state index in [-0.39, 0.29) is 0 Å². The van der Waals surface area contributed by atoms with Gasteiger partial charge in [0.25, 0.3) is 0 Å². The molecule has 178 valence electrons. The van der Waals surface area contributed by atoms with Crippen molar-refractivity contribution in [3.05, 3.63) is 78.1 Å². The molecule has 6 aromatic heterocycles. The lowest BCUT2D eigenvalue weighted by Crippen LogP contribution is -2.10. The van der Waals surface area contributed by atoms with Crippen molar-refractivity contribution < 1.29 is 0 Å². The molecule has 7 nitrogen and oxygen atoms in total. The van der Waals surface area contributed by atoms with Crippen LogP contribution in [-0.2, 0) is 6.54 Å². The number of allylic oxidation sites excluding steroid dienone is 1. The van der Waals surface area contributed by atoms with Crippen molar-refractivity contribution in [2.24, 2.45) is 0 Å². The Morgan fingerprint density at radius 3 is 2.78 bits per heavy atom. The SMILES string of the molecule is C=C(C)c1ccc(-c2ccnc3[nH]c(-c4n[nH]c5ccc(-c6cncc(CN(C)C)c6)nc45)cc23)s1. The third-order valence-electron chi connectivity index (χ3n) is 6.08. The first kappa shape index (κ1) is 22.3. The smallest absolute Gasteiger partial charge is 0.138 e. The Morgan fingerprint density at radius 1 is 1.08 bits per heavy atom. The number of H-pyrrole nitrogens is 2. The highest BCUT2D eigenvalue weighted by Crippen LogP contribution is 2.37. The van der Waals surface area contributed by atoms with Gasteiger partial charge in [-0.25, -0.2) is 9.97 Å². The third kappa shape index (κ3) is 4.00. The molecule has 0 aliphatic heterocycles. The van der Waals surface area contributed by atoms with Crippen LogP contribution in [0.2, 0.25) is 0 Å². The van der Waals surface area contributed by atoms with Gasteiger partial charge < -0.3 is 9.88 Å². The largest absolute Gasteiger partial charge is 0.338 e. The summed E-state index contributed by atoms with van der Waals surface area (Å²) in [5.74, 6) is 0. The Labute approximate surface area is 212 Å². The number of thiophene rings is 1. The standard InChI is InChI=1S/C28H25N7S/c1-16(2)24-7-8-25(36-24)19-9-10-30-28-20(19)12-23(32-28)27-26-22(33-34-27)6-5-21(31-26)18-11-17(13-29-14-18)15-35(3)4/h5-14H,1,15H2,2-4H3,(H,30,32)(H,33,34). The van der Waals surface area contributed by atoms with Crippen LogP contribution in [0.4, 0.5) is 0 Å². The Balaban J connectivity index is 1.43. The number of rotatable bonds is 6. The van der Waals surface area contributed by atoms with Crippen LogP contribution in [0.1, 0.15) is 17.4 Å². The molecule has 0 radical (unpaired) electrons. The fourth-order valence-corrected chi connectivity index (χ4v) is 5.38. The van der Waals surface area contributed by atoms with E-state index in [2.05, 4.69) is 67.0 Å². The summed E-state index contributed by atoms with van der Waals surface area (Å²) >= 11 is 1.74. The van der Waals surface area contributed by atoms with Gasteiger partial charge in [0.2, 0.25) is 0 Å². The maximum absolute atomic E-state index is 4.98. The van der Waals surface area contributed by atoms with Gasteiger partial charge in [-0.1, -0.05) is 6.58 Å². The van der Waals surface area contributed by atoms with E-state index in [1.807, 2.05) is 51.7 Å². The van der Waals surface area contributed by atoms with E-state index in [1.165, 1.54) is 9.75 Å². The molecule has 8 heteroatoms. The fraction of sp³-hybridized carbons (Fsp3) is 0.143. The summed E-state index contributed by atoms with van der Waals surface area (Å²) in [6.07, 6.45) is 5.59. The van der Waals surface area contributed by atoms with Crippen molar-refractivity contribution in [1.82, 2.24) is 35.0 Å². The summed E-state index contributed by atoms with van der Waals surface area (Å²) in [5.41, 5.74) is 9.33. The molecule has 6 heterocycles. The van der Waals surface area contributed by atoms with E-state index in [9.17, 15) is 0 Å². The normalized spacial score (nSPS) is 11.7. The minimum Gasteiger partial charge on any atom is -0.338 e. The predicted molar refractivity (Wildman–Crippen MR) is 148 cm³/mol. The van der Waals surface area contributed by atoms with Gasteiger partial charge in [-0.15, -0.1) is 11.3 Å². The zero-order chi connectivity index (χ0) is 24.8. The van der Waals surface area contributed by atoms with Crippen LogP contribution in [-0.4, -0.2) is 49.1 Å². The Hall–Kier alpha value is -4.14. The summed E-state index contributed by atoms with van der Waals surface area (Å²) in [5, 5.41) is 8.78. The number of hydrogen-bond acceptors (Lipinski definition) is 6. The van der Waals surface area contributed by atoms with Crippen LogP contribution in [0.25, 0.3) is 60.7 Å². The van der Waals surface area contributed by atoms with E-state index < -0.39 is 0 Å². The minimum absolute atomic E-state index is 0.766. The average Bonchev–Trinajstić information content (AvgIpc) is 3.60. The molecule has 6 aromatic rings. The van der Waals surface area contributed by atoms with Gasteiger partial charge >= 0.3 is 0 Å². The van der Waals surface area contributed by atoms with E-state index in [1.54, 1.807) is 11.3 Å². The number of fused-ring (bicyclic) bond motifs is 2. The molecule has 0 aliphatic rings. The maximum Gasteiger partial charge on any atom is 0.138 e. The Kier molecular flexibility index (Phi) is 5.47. The quantitative estimate of drug-likeness (QED) is 0.282. The minimum atomic E-state index is 0.766. The lowest BCUT2D eigenvalue weighted by molar-refractivity contribution is 0.402. The first-order valence-electron chi connectivity index (χ1n) is 11.6. The summed E-state index contributed by atoms with van der Waals surface area (Å²) in [6.45, 7) is 6.93.